The molecule has 0 saturated carbocycles. The Balaban J connectivity index is 1.90. The van der Waals surface area contributed by atoms with Crippen LogP contribution in [0, 0.1) is 12.3 Å². The van der Waals surface area contributed by atoms with Crippen LogP contribution in [0.4, 0.5) is 5.69 Å². The van der Waals surface area contributed by atoms with Crippen LogP contribution in [0.2, 0.25) is 0 Å². The second-order valence-corrected chi connectivity index (χ2v) is 8.30. The summed E-state index contributed by atoms with van der Waals surface area (Å²) in [6.45, 7) is 11.2. The molecule has 1 saturated heterocycles. The topological polar surface area (TPSA) is 99.8 Å². The zero-order valence-electron chi connectivity index (χ0n) is 15.8. The van der Waals surface area contributed by atoms with Crippen LogP contribution < -0.4 is 10.2 Å². The highest BCUT2D eigenvalue weighted by atomic mass is 16.4. The second-order valence-electron chi connectivity index (χ2n) is 8.30. The number of anilines is 1. The average Bonchev–Trinajstić information content (AvgIpc) is 3.10. The number of carboxylic acid groups (broad SMARTS) is 1. The summed E-state index contributed by atoms with van der Waals surface area (Å²) in [7, 11) is 0. The fraction of sp³-hybridized carbons (Fsp3) is 0.556. The summed E-state index contributed by atoms with van der Waals surface area (Å²) in [6, 6.07) is 2.05. The van der Waals surface area contributed by atoms with Crippen LogP contribution in [0.3, 0.4) is 0 Å². The quantitative estimate of drug-likeness (QED) is 0.864. The molecule has 0 aliphatic carbocycles. The molecule has 0 unspecified atom stereocenters. The molecule has 26 heavy (non-hydrogen) atoms. The fourth-order valence-electron chi connectivity index (χ4n) is 3.13. The average molecular weight is 359 g/mol. The van der Waals surface area contributed by atoms with E-state index in [4.69, 9.17) is 5.11 Å². The van der Waals surface area contributed by atoms with Crippen LogP contribution in [0.15, 0.2) is 12.3 Å². The maximum Gasteiger partial charge on any atom is 0.328 e. The van der Waals surface area contributed by atoms with Crippen molar-refractivity contribution in [1.82, 2.24) is 19.9 Å². The minimum atomic E-state index is -1.39. The zero-order chi connectivity index (χ0) is 19.3. The van der Waals surface area contributed by atoms with E-state index in [1.54, 1.807) is 4.52 Å². The standard InChI is InChI=1S/C18H25N5O3/c1-11-8-12(22-7-6-17(2,3)10-22)9-23-14(11)19-13(21-23)15(24)20-18(4,5)16(25)26/h8-9H,6-7,10H2,1-5H3,(H,20,24)(H,25,26). The van der Waals surface area contributed by atoms with Crippen LogP contribution >= 0.6 is 0 Å². The SMILES string of the molecule is Cc1cc(N2CCC(C)(C)C2)cn2nc(C(=O)NC(C)(C)C(=O)O)nc12. The van der Waals surface area contributed by atoms with Crippen LogP contribution in [-0.4, -0.2) is 50.2 Å². The molecule has 1 aliphatic rings. The van der Waals surface area contributed by atoms with Gasteiger partial charge in [-0.15, -0.1) is 5.10 Å². The van der Waals surface area contributed by atoms with Gasteiger partial charge in [-0.3, -0.25) is 4.79 Å². The molecule has 8 nitrogen and oxygen atoms in total. The largest absolute Gasteiger partial charge is 0.480 e. The Morgan fingerprint density at radius 1 is 1.35 bits per heavy atom. The van der Waals surface area contributed by atoms with Gasteiger partial charge < -0.3 is 15.3 Å². The third-order valence-corrected chi connectivity index (χ3v) is 4.81. The number of fused-ring (bicyclic) bond motifs is 1. The van der Waals surface area contributed by atoms with Crippen molar-refractivity contribution in [2.24, 2.45) is 5.41 Å². The molecule has 8 heteroatoms. The maximum absolute atomic E-state index is 12.3. The van der Waals surface area contributed by atoms with Crippen LogP contribution in [0.25, 0.3) is 5.65 Å². The van der Waals surface area contributed by atoms with E-state index in [2.05, 4.69) is 34.1 Å². The molecular formula is C18H25N5O3. The molecule has 1 fully saturated rings. The van der Waals surface area contributed by atoms with E-state index in [0.29, 0.717) is 5.65 Å². The van der Waals surface area contributed by atoms with Crippen molar-refractivity contribution >= 4 is 23.2 Å². The van der Waals surface area contributed by atoms with E-state index in [1.165, 1.54) is 13.8 Å². The number of carbonyl (C=O) groups excluding carboxylic acids is 1. The van der Waals surface area contributed by atoms with Crippen molar-refractivity contribution in [3.63, 3.8) is 0 Å². The van der Waals surface area contributed by atoms with Gasteiger partial charge in [0.05, 0.1) is 11.9 Å². The fourth-order valence-corrected chi connectivity index (χ4v) is 3.13. The Hall–Kier alpha value is -2.64. The molecule has 3 rings (SSSR count). The van der Waals surface area contributed by atoms with E-state index < -0.39 is 17.4 Å². The Morgan fingerprint density at radius 3 is 2.62 bits per heavy atom. The molecule has 0 spiro atoms. The van der Waals surface area contributed by atoms with Crippen LogP contribution in [0.5, 0.6) is 0 Å². The summed E-state index contributed by atoms with van der Waals surface area (Å²) in [4.78, 5) is 30.1. The summed E-state index contributed by atoms with van der Waals surface area (Å²) in [5.41, 5.74) is 1.43. The third-order valence-electron chi connectivity index (χ3n) is 4.81. The summed E-state index contributed by atoms with van der Waals surface area (Å²) < 4.78 is 1.60. The number of carboxylic acids is 1. The number of aryl methyl sites for hydroxylation is 1. The number of hydrogen-bond donors (Lipinski definition) is 2. The monoisotopic (exact) mass is 359 g/mol. The minimum Gasteiger partial charge on any atom is -0.480 e. The molecule has 3 heterocycles. The minimum absolute atomic E-state index is 0.0404. The highest BCUT2D eigenvalue weighted by Crippen LogP contribution is 2.33. The first-order valence-corrected chi connectivity index (χ1v) is 8.66. The van der Waals surface area contributed by atoms with Crippen molar-refractivity contribution in [2.75, 3.05) is 18.0 Å². The highest BCUT2D eigenvalue weighted by molar-refractivity contribution is 5.95. The van der Waals surface area contributed by atoms with Crippen molar-refractivity contribution in [3.05, 3.63) is 23.7 Å². The summed E-state index contributed by atoms with van der Waals surface area (Å²) >= 11 is 0. The van der Waals surface area contributed by atoms with Crippen molar-refractivity contribution in [1.29, 1.82) is 0 Å². The highest BCUT2D eigenvalue weighted by Gasteiger charge is 2.32. The smallest absolute Gasteiger partial charge is 0.328 e. The number of rotatable bonds is 4. The number of nitrogens with one attached hydrogen (secondary N) is 1. The van der Waals surface area contributed by atoms with Crippen molar-refractivity contribution in [3.8, 4) is 0 Å². The molecular weight excluding hydrogens is 334 g/mol. The number of aliphatic carboxylic acids is 1. The predicted molar refractivity (Wildman–Crippen MR) is 97.5 cm³/mol. The van der Waals surface area contributed by atoms with Gasteiger partial charge in [0.2, 0.25) is 5.82 Å². The van der Waals surface area contributed by atoms with E-state index in [0.717, 1.165) is 30.8 Å². The summed E-state index contributed by atoms with van der Waals surface area (Å²) in [6.07, 6.45) is 3.00. The predicted octanol–water partition coefficient (Wildman–Crippen LogP) is 1.87. The summed E-state index contributed by atoms with van der Waals surface area (Å²) in [5, 5.41) is 15.9. The van der Waals surface area contributed by atoms with Gasteiger partial charge in [-0.1, -0.05) is 13.8 Å². The number of pyridine rings is 1. The van der Waals surface area contributed by atoms with Gasteiger partial charge in [-0.25, -0.2) is 14.3 Å². The Bertz CT molecular complexity index is 884. The van der Waals surface area contributed by atoms with E-state index in [-0.39, 0.29) is 11.2 Å². The number of hydrogen-bond acceptors (Lipinski definition) is 5. The van der Waals surface area contributed by atoms with Gasteiger partial charge in [0.1, 0.15) is 5.54 Å². The van der Waals surface area contributed by atoms with E-state index in [9.17, 15) is 9.59 Å². The van der Waals surface area contributed by atoms with Gasteiger partial charge >= 0.3 is 5.97 Å². The molecule has 1 aliphatic heterocycles. The number of aromatic nitrogens is 3. The van der Waals surface area contributed by atoms with Crippen molar-refractivity contribution in [2.45, 2.75) is 46.6 Å². The second kappa shape index (κ2) is 5.96. The van der Waals surface area contributed by atoms with Crippen molar-refractivity contribution < 1.29 is 14.7 Å². The molecule has 2 aromatic rings. The first-order chi connectivity index (χ1) is 12.0. The Kier molecular flexibility index (Phi) is 4.17. The van der Waals surface area contributed by atoms with E-state index >= 15 is 0 Å². The lowest BCUT2D eigenvalue weighted by molar-refractivity contribution is -0.143. The normalized spacial score (nSPS) is 16.9. The lowest BCUT2D eigenvalue weighted by atomic mass is 9.93. The van der Waals surface area contributed by atoms with Crippen LogP contribution in [-0.2, 0) is 4.79 Å². The Labute approximate surface area is 152 Å². The Morgan fingerprint density at radius 2 is 2.04 bits per heavy atom. The number of amides is 1. The van der Waals surface area contributed by atoms with Gasteiger partial charge in [-0.2, -0.15) is 0 Å². The molecule has 2 aromatic heterocycles. The maximum atomic E-state index is 12.3. The van der Waals surface area contributed by atoms with Crippen LogP contribution in [0.1, 0.15) is 50.3 Å². The molecule has 140 valence electrons. The van der Waals surface area contributed by atoms with Gasteiger partial charge in [0, 0.05) is 13.1 Å². The van der Waals surface area contributed by atoms with E-state index in [1.807, 2.05) is 19.2 Å². The molecule has 2 N–H and O–H groups in total. The molecule has 0 radical (unpaired) electrons. The molecule has 1 amide bonds. The third kappa shape index (κ3) is 3.36. The molecule has 0 aromatic carbocycles. The van der Waals surface area contributed by atoms with Gasteiger partial charge in [-0.05, 0) is 44.2 Å². The lowest BCUT2D eigenvalue weighted by Crippen LogP contribution is -2.49. The first kappa shape index (κ1) is 18.2. The van der Waals surface area contributed by atoms with Gasteiger partial charge in [0.25, 0.3) is 5.91 Å². The lowest BCUT2D eigenvalue weighted by Gasteiger charge is -2.22. The first-order valence-electron chi connectivity index (χ1n) is 8.66. The zero-order valence-corrected chi connectivity index (χ0v) is 15.8. The molecule has 0 bridgehead atoms. The summed E-state index contributed by atoms with van der Waals surface area (Å²) in [5.74, 6) is -1.77. The number of nitrogens with zero attached hydrogens (tertiary/aromatic N) is 4. The van der Waals surface area contributed by atoms with Gasteiger partial charge in [0.15, 0.2) is 5.65 Å². The molecule has 0 atom stereocenters. The number of carbonyl (C=O) groups is 2.